The zero-order valence-electron chi connectivity index (χ0n) is 14.6. The molecule has 1 atom stereocenters. The van der Waals surface area contributed by atoms with Crippen LogP contribution in [0.3, 0.4) is 0 Å². The zero-order chi connectivity index (χ0) is 17.5. The van der Waals surface area contributed by atoms with Crippen LogP contribution in [0.2, 0.25) is 0 Å². The third kappa shape index (κ3) is 5.14. The van der Waals surface area contributed by atoms with Crippen molar-refractivity contribution in [3.05, 3.63) is 35.9 Å². The number of amides is 3. The summed E-state index contributed by atoms with van der Waals surface area (Å²) in [5.41, 5.74) is 1.20. The summed E-state index contributed by atoms with van der Waals surface area (Å²) >= 11 is 1.64. The monoisotopic (exact) mass is 361 g/mol. The molecule has 2 fully saturated rings. The Bertz CT molecular complexity index is 575. The fraction of sp³-hybridized carbons (Fsp3) is 0.579. The van der Waals surface area contributed by atoms with Crippen LogP contribution in [-0.4, -0.2) is 47.1 Å². The second-order valence-electron chi connectivity index (χ2n) is 6.80. The molecule has 1 aliphatic heterocycles. The lowest BCUT2D eigenvalue weighted by atomic mass is 9.96. The maximum absolute atomic E-state index is 12.5. The molecule has 0 radical (unpaired) electrons. The topological polar surface area (TPSA) is 61.4 Å². The van der Waals surface area contributed by atoms with E-state index in [4.69, 9.17) is 0 Å². The molecule has 6 heteroatoms. The number of thioether (sulfide) groups is 1. The smallest absolute Gasteiger partial charge is 0.319 e. The first-order valence-corrected chi connectivity index (χ1v) is 10.4. The van der Waals surface area contributed by atoms with Crippen LogP contribution in [0.15, 0.2) is 30.3 Å². The van der Waals surface area contributed by atoms with Gasteiger partial charge in [0.15, 0.2) is 0 Å². The number of nitrogens with one attached hydrogen (secondary N) is 2. The molecule has 1 aliphatic carbocycles. The normalized spacial score (nSPS) is 21.1. The Morgan fingerprint density at radius 1 is 1.12 bits per heavy atom. The minimum atomic E-state index is -0.357. The molecule has 0 bridgehead atoms. The second-order valence-corrected chi connectivity index (χ2v) is 7.80. The molecule has 2 N–H and O–H groups in total. The summed E-state index contributed by atoms with van der Waals surface area (Å²) in [6, 6.07) is 9.94. The van der Waals surface area contributed by atoms with Gasteiger partial charge in [-0.2, -0.15) is 0 Å². The molecular formula is C19H27N3O2S. The average Bonchev–Trinajstić information content (AvgIpc) is 3.13. The van der Waals surface area contributed by atoms with E-state index >= 15 is 0 Å². The molecular weight excluding hydrogens is 334 g/mol. The molecule has 3 rings (SSSR count). The summed E-state index contributed by atoms with van der Waals surface area (Å²) in [4.78, 5) is 26.7. The van der Waals surface area contributed by atoms with Gasteiger partial charge in [-0.15, -0.1) is 11.8 Å². The van der Waals surface area contributed by atoms with Crippen LogP contribution < -0.4 is 10.6 Å². The SMILES string of the molecule is O=C(NCCc1ccccc1)[C@@H]1CSCN1C(=O)NC1CCCCC1. The Balaban J connectivity index is 1.46. The number of urea groups is 1. The fourth-order valence-corrected chi connectivity index (χ4v) is 4.61. The van der Waals surface area contributed by atoms with Crippen molar-refractivity contribution in [2.45, 2.75) is 50.6 Å². The van der Waals surface area contributed by atoms with Crippen LogP contribution in [0.25, 0.3) is 0 Å². The Hall–Kier alpha value is -1.69. The molecule has 3 amide bonds. The lowest BCUT2D eigenvalue weighted by molar-refractivity contribution is -0.124. The van der Waals surface area contributed by atoms with E-state index in [2.05, 4.69) is 22.8 Å². The summed E-state index contributed by atoms with van der Waals surface area (Å²) in [5, 5.41) is 6.11. The minimum Gasteiger partial charge on any atom is -0.354 e. The van der Waals surface area contributed by atoms with E-state index in [9.17, 15) is 9.59 Å². The fourth-order valence-electron chi connectivity index (χ4n) is 3.46. The van der Waals surface area contributed by atoms with E-state index in [0.29, 0.717) is 18.2 Å². The van der Waals surface area contributed by atoms with Gasteiger partial charge >= 0.3 is 6.03 Å². The van der Waals surface area contributed by atoms with E-state index in [1.54, 1.807) is 16.7 Å². The first kappa shape index (κ1) is 18.1. The standard InChI is InChI=1S/C19H27N3O2S/c23-18(20-12-11-15-7-3-1-4-8-15)17-13-25-14-22(17)19(24)21-16-9-5-2-6-10-16/h1,3-4,7-8,16-17H,2,5-6,9-14H2,(H,20,23)(H,21,24)/t17-/m0/s1. The molecule has 1 aromatic rings. The maximum atomic E-state index is 12.5. The first-order chi connectivity index (χ1) is 12.2. The van der Waals surface area contributed by atoms with Crippen LogP contribution in [0.1, 0.15) is 37.7 Å². The van der Waals surface area contributed by atoms with Gasteiger partial charge in [-0.05, 0) is 24.8 Å². The summed E-state index contributed by atoms with van der Waals surface area (Å²) in [7, 11) is 0. The largest absolute Gasteiger partial charge is 0.354 e. The van der Waals surface area contributed by atoms with Gasteiger partial charge < -0.3 is 15.5 Å². The number of nitrogens with zero attached hydrogens (tertiary/aromatic N) is 1. The van der Waals surface area contributed by atoms with E-state index in [1.807, 2.05) is 18.2 Å². The van der Waals surface area contributed by atoms with Crippen LogP contribution in [0.5, 0.6) is 0 Å². The van der Waals surface area contributed by atoms with Crippen molar-refractivity contribution >= 4 is 23.7 Å². The number of carbonyl (C=O) groups excluding carboxylic acids is 2. The maximum Gasteiger partial charge on any atom is 0.319 e. The molecule has 0 aromatic heterocycles. The van der Waals surface area contributed by atoms with E-state index in [1.165, 1.54) is 24.8 Å². The molecule has 5 nitrogen and oxygen atoms in total. The van der Waals surface area contributed by atoms with Crippen molar-refractivity contribution < 1.29 is 9.59 Å². The van der Waals surface area contributed by atoms with Crippen LogP contribution in [0, 0.1) is 0 Å². The number of rotatable bonds is 5. The Labute approximate surface area is 153 Å². The second kappa shape index (κ2) is 9.13. The molecule has 2 aliphatic rings. The van der Waals surface area contributed by atoms with Crippen molar-refractivity contribution in [2.24, 2.45) is 0 Å². The molecule has 0 unspecified atom stereocenters. The molecule has 1 heterocycles. The van der Waals surface area contributed by atoms with E-state index in [0.717, 1.165) is 19.3 Å². The van der Waals surface area contributed by atoms with E-state index in [-0.39, 0.29) is 24.0 Å². The highest BCUT2D eigenvalue weighted by molar-refractivity contribution is 7.99. The van der Waals surface area contributed by atoms with Gasteiger partial charge in [0.05, 0.1) is 5.88 Å². The van der Waals surface area contributed by atoms with Crippen LogP contribution in [-0.2, 0) is 11.2 Å². The number of benzene rings is 1. The van der Waals surface area contributed by atoms with Gasteiger partial charge in [0, 0.05) is 18.3 Å². The molecule has 1 saturated heterocycles. The minimum absolute atomic E-state index is 0.0419. The average molecular weight is 362 g/mol. The summed E-state index contributed by atoms with van der Waals surface area (Å²) in [5.74, 6) is 1.23. The van der Waals surface area contributed by atoms with Gasteiger partial charge in [-0.1, -0.05) is 49.6 Å². The Morgan fingerprint density at radius 2 is 1.88 bits per heavy atom. The number of hydrogen-bond donors (Lipinski definition) is 2. The van der Waals surface area contributed by atoms with Gasteiger partial charge in [-0.3, -0.25) is 4.79 Å². The molecule has 25 heavy (non-hydrogen) atoms. The summed E-state index contributed by atoms with van der Waals surface area (Å²) < 4.78 is 0. The molecule has 1 aromatic carbocycles. The number of carbonyl (C=O) groups is 2. The predicted molar refractivity (Wildman–Crippen MR) is 102 cm³/mol. The predicted octanol–water partition coefficient (Wildman–Crippen LogP) is 2.76. The Kier molecular flexibility index (Phi) is 6.62. The third-order valence-corrected chi connectivity index (χ3v) is 5.95. The van der Waals surface area contributed by atoms with Crippen LogP contribution >= 0.6 is 11.8 Å². The molecule has 0 spiro atoms. The van der Waals surface area contributed by atoms with Crippen molar-refractivity contribution in [1.82, 2.24) is 15.5 Å². The van der Waals surface area contributed by atoms with Crippen molar-refractivity contribution in [2.75, 3.05) is 18.2 Å². The van der Waals surface area contributed by atoms with Crippen molar-refractivity contribution in [1.29, 1.82) is 0 Å². The first-order valence-electron chi connectivity index (χ1n) is 9.20. The highest BCUT2D eigenvalue weighted by Gasteiger charge is 2.35. The van der Waals surface area contributed by atoms with Crippen molar-refractivity contribution in [3.8, 4) is 0 Å². The molecule has 136 valence electrons. The van der Waals surface area contributed by atoms with Crippen LogP contribution in [0.4, 0.5) is 4.79 Å². The lowest BCUT2D eigenvalue weighted by Gasteiger charge is -2.28. The summed E-state index contributed by atoms with van der Waals surface area (Å²) in [6.45, 7) is 0.599. The third-order valence-electron chi connectivity index (χ3n) is 4.93. The quantitative estimate of drug-likeness (QED) is 0.848. The molecule has 1 saturated carbocycles. The Morgan fingerprint density at radius 3 is 2.64 bits per heavy atom. The van der Waals surface area contributed by atoms with E-state index < -0.39 is 0 Å². The number of hydrogen-bond acceptors (Lipinski definition) is 3. The van der Waals surface area contributed by atoms with Gasteiger partial charge in [-0.25, -0.2) is 4.79 Å². The van der Waals surface area contributed by atoms with Crippen molar-refractivity contribution in [3.63, 3.8) is 0 Å². The lowest BCUT2D eigenvalue weighted by Crippen LogP contribution is -2.52. The summed E-state index contributed by atoms with van der Waals surface area (Å²) in [6.07, 6.45) is 6.55. The van der Waals surface area contributed by atoms with Gasteiger partial charge in [0.1, 0.15) is 6.04 Å². The van der Waals surface area contributed by atoms with Gasteiger partial charge in [0.25, 0.3) is 0 Å². The highest BCUT2D eigenvalue weighted by Crippen LogP contribution is 2.23. The highest BCUT2D eigenvalue weighted by atomic mass is 32.2. The zero-order valence-corrected chi connectivity index (χ0v) is 15.4. The van der Waals surface area contributed by atoms with Gasteiger partial charge in [0.2, 0.25) is 5.91 Å².